The van der Waals surface area contributed by atoms with Gasteiger partial charge in [-0.1, -0.05) is 17.7 Å². The molecule has 3 aliphatic rings. The minimum Gasteiger partial charge on any atom is -0.378 e. The molecule has 3 aliphatic carbocycles. The summed E-state index contributed by atoms with van der Waals surface area (Å²) in [4.78, 5) is 26.3. The van der Waals surface area contributed by atoms with Gasteiger partial charge >= 0.3 is 0 Å². The largest absolute Gasteiger partial charge is 0.378 e. The second kappa shape index (κ2) is 7.75. The number of aryl methyl sites for hydroxylation is 1. The van der Waals surface area contributed by atoms with Crippen molar-refractivity contribution in [2.45, 2.75) is 50.0 Å². The molecule has 0 aliphatic heterocycles. The van der Waals surface area contributed by atoms with Gasteiger partial charge in [-0.05, 0) is 72.9 Å². The summed E-state index contributed by atoms with van der Waals surface area (Å²) < 4.78 is 1.75. The second-order valence-electron chi connectivity index (χ2n) is 9.92. The van der Waals surface area contributed by atoms with Gasteiger partial charge in [0.1, 0.15) is 5.82 Å². The average molecular weight is 486 g/mol. The molecule has 3 heterocycles. The fraction of sp³-hybridized carbons (Fsp3) is 0.346. The number of amides is 1. The number of hydrogen-bond donors (Lipinski definition) is 2. The summed E-state index contributed by atoms with van der Waals surface area (Å²) in [7, 11) is 0. The Morgan fingerprint density at radius 3 is 3.00 bits per heavy atom. The number of carbonyl (C=O) groups excluding carboxylic acids is 1. The van der Waals surface area contributed by atoms with E-state index in [-0.39, 0.29) is 17.2 Å². The lowest BCUT2D eigenvalue weighted by Crippen LogP contribution is -2.20. The molecule has 2 fully saturated rings. The molecule has 2 atom stereocenters. The molecule has 7 rings (SSSR count). The number of benzene rings is 1. The Balaban J connectivity index is 1.01. The normalized spacial score (nSPS) is 22.4. The van der Waals surface area contributed by atoms with Gasteiger partial charge < -0.3 is 10.6 Å². The number of rotatable bonds is 6. The SMILES string of the molecule is O=C(Nc1cc(NCc2nc3ncc(C4CC4)cn3n2)ccn1)[C@H]1C[C@@]12CCc1ccc(Cl)cc12. The molecule has 9 heteroatoms. The second-order valence-corrected chi connectivity index (χ2v) is 10.4. The Morgan fingerprint density at radius 1 is 1.20 bits per heavy atom. The average Bonchev–Trinajstić information content (AvgIpc) is 3.76. The number of hydrogen-bond acceptors (Lipinski definition) is 6. The van der Waals surface area contributed by atoms with Gasteiger partial charge in [0.2, 0.25) is 5.91 Å². The van der Waals surface area contributed by atoms with E-state index in [1.165, 1.54) is 29.5 Å². The van der Waals surface area contributed by atoms with Crippen LogP contribution in [0.3, 0.4) is 0 Å². The van der Waals surface area contributed by atoms with Gasteiger partial charge in [-0.2, -0.15) is 4.98 Å². The molecule has 176 valence electrons. The number of fused-ring (bicyclic) bond motifs is 3. The maximum Gasteiger partial charge on any atom is 0.252 e. The molecule has 8 nitrogen and oxygen atoms in total. The van der Waals surface area contributed by atoms with Crippen LogP contribution in [0.5, 0.6) is 0 Å². The van der Waals surface area contributed by atoms with Crippen LogP contribution in [0.1, 0.15) is 54.1 Å². The van der Waals surface area contributed by atoms with Crippen molar-refractivity contribution in [1.29, 1.82) is 0 Å². The molecule has 2 saturated carbocycles. The first-order chi connectivity index (χ1) is 17.1. The zero-order valence-electron chi connectivity index (χ0n) is 19.0. The van der Waals surface area contributed by atoms with Crippen molar-refractivity contribution in [1.82, 2.24) is 24.6 Å². The van der Waals surface area contributed by atoms with Crippen LogP contribution in [0.25, 0.3) is 5.78 Å². The highest BCUT2D eigenvalue weighted by atomic mass is 35.5. The molecule has 4 aromatic rings. The fourth-order valence-electron chi connectivity index (χ4n) is 5.49. The summed E-state index contributed by atoms with van der Waals surface area (Å²) in [5.41, 5.74) is 4.55. The van der Waals surface area contributed by atoms with E-state index >= 15 is 0 Å². The molecule has 1 amide bonds. The van der Waals surface area contributed by atoms with Crippen molar-refractivity contribution < 1.29 is 4.79 Å². The third-order valence-corrected chi connectivity index (χ3v) is 7.84. The van der Waals surface area contributed by atoms with Crippen LogP contribution in [0.15, 0.2) is 48.9 Å². The van der Waals surface area contributed by atoms with Crippen LogP contribution >= 0.6 is 11.6 Å². The molecule has 1 aromatic carbocycles. The lowest BCUT2D eigenvalue weighted by Gasteiger charge is -2.12. The topological polar surface area (TPSA) is 97.1 Å². The standard InChI is InChI=1S/C26H24ClN7O/c27-18-4-3-16-5-7-26(20(16)9-18)11-21(26)24(35)31-22-10-19(6-8-28-22)29-13-23-32-25-30-12-17(15-1-2-15)14-34(25)33-23/h3-4,6,8-10,12,14-15,21H,1-2,5,7,11,13H2,(H2,28,29,31,35)/t21-,26-/m1/s1. The van der Waals surface area contributed by atoms with Crippen molar-refractivity contribution in [3.05, 3.63) is 76.5 Å². The van der Waals surface area contributed by atoms with E-state index in [2.05, 4.69) is 36.8 Å². The summed E-state index contributed by atoms with van der Waals surface area (Å²) in [6, 6.07) is 9.77. The van der Waals surface area contributed by atoms with Gasteiger partial charge in [-0.15, -0.1) is 5.10 Å². The van der Waals surface area contributed by atoms with Gasteiger partial charge in [-0.25, -0.2) is 14.5 Å². The van der Waals surface area contributed by atoms with E-state index in [1.54, 1.807) is 10.7 Å². The Kier molecular flexibility index (Phi) is 4.61. The summed E-state index contributed by atoms with van der Waals surface area (Å²) in [6.45, 7) is 0.447. The maximum atomic E-state index is 13.1. The molecule has 35 heavy (non-hydrogen) atoms. The first-order valence-corrected chi connectivity index (χ1v) is 12.5. The Labute approximate surface area is 207 Å². The van der Waals surface area contributed by atoms with Crippen LogP contribution in [0, 0.1) is 5.92 Å². The Morgan fingerprint density at radius 2 is 2.11 bits per heavy atom. The summed E-state index contributed by atoms with van der Waals surface area (Å²) in [6.07, 6.45) is 10.9. The van der Waals surface area contributed by atoms with Crippen molar-refractivity contribution in [3.8, 4) is 0 Å². The predicted octanol–water partition coefficient (Wildman–Crippen LogP) is 4.50. The van der Waals surface area contributed by atoms with Crippen LogP contribution in [-0.2, 0) is 23.2 Å². The molecule has 2 N–H and O–H groups in total. The maximum absolute atomic E-state index is 13.1. The highest BCUT2D eigenvalue weighted by molar-refractivity contribution is 6.30. The number of halogens is 1. The van der Waals surface area contributed by atoms with E-state index in [0.29, 0.717) is 29.9 Å². The molecule has 0 unspecified atom stereocenters. The first-order valence-electron chi connectivity index (χ1n) is 12.1. The third-order valence-electron chi connectivity index (χ3n) is 7.61. The van der Waals surface area contributed by atoms with Gasteiger partial charge in [0, 0.05) is 46.7 Å². The minimum absolute atomic E-state index is 0.0158. The molecular formula is C26H24ClN7O. The number of aromatic nitrogens is 5. The van der Waals surface area contributed by atoms with Crippen molar-refractivity contribution in [2.75, 3.05) is 10.6 Å². The van der Waals surface area contributed by atoms with Gasteiger partial charge in [0.25, 0.3) is 5.78 Å². The van der Waals surface area contributed by atoms with Crippen LogP contribution in [0.2, 0.25) is 5.02 Å². The first kappa shape index (κ1) is 20.8. The lowest BCUT2D eigenvalue weighted by molar-refractivity contribution is -0.117. The molecule has 1 spiro atoms. The molecule has 0 saturated heterocycles. The number of anilines is 2. The number of nitrogens with one attached hydrogen (secondary N) is 2. The zero-order valence-corrected chi connectivity index (χ0v) is 19.8. The summed E-state index contributed by atoms with van der Waals surface area (Å²) in [5.74, 6) is 2.38. The summed E-state index contributed by atoms with van der Waals surface area (Å²) >= 11 is 6.24. The smallest absolute Gasteiger partial charge is 0.252 e. The summed E-state index contributed by atoms with van der Waals surface area (Å²) in [5, 5.41) is 11.6. The van der Waals surface area contributed by atoms with Gasteiger partial charge in [0.05, 0.1) is 6.54 Å². The molecule has 3 aromatic heterocycles. The van der Waals surface area contributed by atoms with Crippen molar-refractivity contribution in [3.63, 3.8) is 0 Å². The molecular weight excluding hydrogens is 462 g/mol. The predicted molar refractivity (Wildman–Crippen MR) is 133 cm³/mol. The van der Waals surface area contributed by atoms with E-state index < -0.39 is 0 Å². The van der Waals surface area contributed by atoms with Crippen molar-refractivity contribution >= 4 is 34.8 Å². The van der Waals surface area contributed by atoms with E-state index in [9.17, 15) is 4.79 Å². The fourth-order valence-corrected chi connectivity index (χ4v) is 5.66. The minimum atomic E-state index is -0.0671. The monoisotopic (exact) mass is 485 g/mol. The zero-order chi connectivity index (χ0) is 23.6. The molecule has 0 radical (unpaired) electrons. The highest BCUT2D eigenvalue weighted by Gasteiger charge is 2.61. The van der Waals surface area contributed by atoms with E-state index in [0.717, 1.165) is 30.0 Å². The van der Waals surface area contributed by atoms with E-state index in [4.69, 9.17) is 11.6 Å². The van der Waals surface area contributed by atoms with Gasteiger partial charge in [0.15, 0.2) is 5.82 Å². The molecule has 0 bridgehead atoms. The third kappa shape index (κ3) is 3.72. The van der Waals surface area contributed by atoms with Crippen LogP contribution in [0.4, 0.5) is 11.5 Å². The van der Waals surface area contributed by atoms with Crippen LogP contribution < -0.4 is 10.6 Å². The number of nitrogens with zero attached hydrogens (tertiary/aromatic N) is 5. The number of pyridine rings is 1. The lowest BCUT2D eigenvalue weighted by atomic mass is 9.95. The highest BCUT2D eigenvalue weighted by Crippen LogP contribution is 2.62. The van der Waals surface area contributed by atoms with Gasteiger partial charge in [-0.3, -0.25) is 4.79 Å². The van der Waals surface area contributed by atoms with Crippen LogP contribution in [-0.4, -0.2) is 30.5 Å². The Bertz CT molecular complexity index is 1480. The van der Waals surface area contributed by atoms with E-state index in [1.807, 2.05) is 36.7 Å². The Hall–Kier alpha value is -3.52. The number of carbonyl (C=O) groups is 1. The van der Waals surface area contributed by atoms with Crippen molar-refractivity contribution in [2.24, 2.45) is 5.92 Å². The quantitative estimate of drug-likeness (QED) is 0.417.